The molecule has 1 heterocycles. The topological polar surface area (TPSA) is 34.1 Å². The van der Waals surface area contributed by atoms with Crippen molar-refractivity contribution in [3.63, 3.8) is 0 Å². The Morgan fingerprint density at radius 2 is 2.25 bits per heavy atom. The molecule has 0 aliphatic carbocycles. The Balaban J connectivity index is 2.61. The normalized spacial score (nSPS) is 11.8. The highest BCUT2D eigenvalue weighted by Gasteiger charge is 2.09. The Hall–Kier alpha value is -0.420. The zero-order valence-corrected chi connectivity index (χ0v) is 8.21. The lowest BCUT2D eigenvalue weighted by Gasteiger charge is -1.94. The van der Waals surface area contributed by atoms with Crippen LogP contribution in [0.5, 0.6) is 0 Å². The van der Waals surface area contributed by atoms with E-state index < -0.39 is 16.0 Å². The largest absolute Gasteiger partial charge is 0.302 e. The van der Waals surface area contributed by atoms with E-state index in [0.29, 0.717) is 0 Å². The highest BCUT2D eigenvalue weighted by molar-refractivity contribution is 7.86. The van der Waals surface area contributed by atoms with Gasteiger partial charge in [-0.2, -0.15) is 8.42 Å². The first kappa shape index (κ1) is 9.67. The summed E-state index contributed by atoms with van der Waals surface area (Å²) in [6.07, 6.45) is 0.280. The third-order valence-electron chi connectivity index (χ3n) is 1.54. The number of rotatable bonds is 3. The molecule has 0 spiro atoms. The lowest BCUT2D eigenvalue weighted by Crippen LogP contribution is -2.01. The van der Waals surface area contributed by atoms with E-state index in [-0.39, 0.29) is 6.42 Å². The van der Waals surface area contributed by atoms with Crippen LogP contribution in [0.4, 0.5) is 3.89 Å². The van der Waals surface area contributed by atoms with E-state index in [2.05, 4.69) is 0 Å². The summed E-state index contributed by atoms with van der Waals surface area (Å²) in [7, 11) is -4.31. The molecule has 0 radical (unpaired) electrons. The van der Waals surface area contributed by atoms with Crippen LogP contribution < -0.4 is 0 Å². The van der Waals surface area contributed by atoms with Crippen LogP contribution in [0.2, 0.25) is 0 Å². The smallest absolute Gasteiger partial charge is 0.195 e. The second-order valence-electron chi connectivity index (χ2n) is 2.52. The molecular weight excluding hydrogens is 199 g/mol. The molecular formula is C7H9FO2S2. The summed E-state index contributed by atoms with van der Waals surface area (Å²) >= 11 is 1.46. The van der Waals surface area contributed by atoms with E-state index in [1.54, 1.807) is 0 Å². The van der Waals surface area contributed by atoms with Crippen LogP contribution in [0.1, 0.15) is 10.4 Å². The van der Waals surface area contributed by atoms with Gasteiger partial charge in [0.25, 0.3) is 0 Å². The van der Waals surface area contributed by atoms with E-state index >= 15 is 0 Å². The third kappa shape index (κ3) is 2.91. The lowest BCUT2D eigenvalue weighted by molar-refractivity contribution is 0.551. The Kier molecular flexibility index (Phi) is 2.85. The molecule has 68 valence electrons. The van der Waals surface area contributed by atoms with Crippen molar-refractivity contribution < 1.29 is 12.3 Å². The Bertz CT molecular complexity index is 353. The first-order chi connectivity index (χ1) is 5.49. The van der Waals surface area contributed by atoms with Gasteiger partial charge >= 0.3 is 10.2 Å². The molecule has 0 atom stereocenters. The van der Waals surface area contributed by atoms with Gasteiger partial charge in [0.1, 0.15) is 0 Å². The zero-order chi connectivity index (χ0) is 9.19. The Labute approximate surface area is 75.3 Å². The van der Waals surface area contributed by atoms with Gasteiger partial charge in [-0.1, -0.05) is 0 Å². The molecule has 12 heavy (non-hydrogen) atoms. The number of halogens is 1. The van der Waals surface area contributed by atoms with Crippen molar-refractivity contribution in [2.24, 2.45) is 0 Å². The summed E-state index contributed by atoms with van der Waals surface area (Å²) in [4.78, 5) is 0.941. The maximum atomic E-state index is 12.1. The lowest BCUT2D eigenvalue weighted by atomic mass is 10.2. The summed E-state index contributed by atoms with van der Waals surface area (Å²) in [5.41, 5.74) is 1.03. The highest BCUT2D eigenvalue weighted by atomic mass is 32.3. The van der Waals surface area contributed by atoms with Gasteiger partial charge in [0, 0.05) is 4.88 Å². The minimum Gasteiger partial charge on any atom is -0.195 e. The summed E-state index contributed by atoms with van der Waals surface area (Å²) in [6, 6.07) is 1.89. The predicted octanol–water partition coefficient (Wildman–Crippen LogP) is 1.90. The number of hydrogen-bond acceptors (Lipinski definition) is 3. The SMILES string of the molecule is Cc1ccsc1CCS(=O)(=O)F. The molecule has 0 aliphatic rings. The quantitative estimate of drug-likeness (QED) is 0.711. The predicted molar refractivity (Wildman–Crippen MR) is 47.7 cm³/mol. The molecule has 0 bridgehead atoms. The van der Waals surface area contributed by atoms with Crippen molar-refractivity contribution in [1.29, 1.82) is 0 Å². The Morgan fingerprint density at radius 1 is 1.58 bits per heavy atom. The van der Waals surface area contributed by atoms with Crippen LogP contribution in [0.25, 0.3) is 0 Å². The van der Waals surface area contributed by atoms with Gasteiger partial charge in [-0.05, 0) is 30.4 Å². The van der Waals surface area contributed by atoms with Crippen LogP contribution in [-0.4, -0.2) is 14.2 Å². The van der Waals surface area contributed by atoms with Gasteiger partial charge in [0.2, 0.25) is 0 Å². The minimum absolute atomic E-state index is 0.280. The minimum atomic E-state index is -4.31. The van der Waals surface area contributed by atoms with Crippen molar-refractivity contribution in [1.82, 2.24) is 0 Å². The molecule has 1 aromatic rings. The fourth-order valence-electron chi connectivity index (χ4n) is 0.875. The summed E-state index contributed by atoms with van der Waals surface area (Å²) in [5, 5.41) is 1.87. The van der Waals surface area contributed by atoms with Crippen molar-refractivity contribution in [3.8, 4) is 0 Å². The molecule has 0 aromatic carbocycles. The van der Waals surface area contributed by atoms with Crippen LogP contribution in [-0.2, 0) is 16.6 Å². The van der Waals surface area contributed by atoms with E-state index in [1.165, 1.54) is 11.3 Å². The van der Waals surface area contributed by atoms with Crippen LogP contribution in [0, 0.1) is 6.92 Å². The van der Waals surface area contributed by atoms with Gasteiger partial charge in [-0.15, -0.1) is 15.2 Å². The zero-order valence-electron chi connectivity index (χ0n) is 6.58. The number of aryl methyl sites for hydroxylation is 2. The van der Waals surface area contributed by atoms with E-state index in [9.17, 15) is 12.3 Å². The fraction of sp³-hybridized carbons (Fsp3) is 0.429. The van der Waals surface area contributed by atoms with Crippen molar-refractivity contribution in [2.75, 3.05) is 5.75 Å². The molecule has 0 aliphatic heterocycles. The second-order valence-corrected chi connectivity index (χ2v) is 5.01. The summed E-state index contributed by atoms with van der Waals surface area (Å²) in [6.45, 7) is 1.89. The maximum absolute atomic E-state index is 12.1. The first-order valence-electron chi connectivity index (χ1n) is 3.44. The van der Waals surface area contributed by atoms with Crippen molar-refractivity contribution in [2.45, 2.75) is 13.3 Å². The average Bonchev–Trinajstić information content (AvgIpc) is 2.29. The van der Waals surface area contributed by atoms with Gasteiger partial charge in [0.05, 0.1) is 5.75 Å². The highest BCUT2D eigenvalue weighted by Crippen LogP contribution is 2.16. The first-order valence-corrected chi connectivity index (χ1v) is 5.87. The standard InChI is InChI=1S/C7H9FO2S2/c1-6-2-4-11-7(6)3-5-12(8,9)10/h2,4H,3,5H2,1H3. The molecule has 0 N–H and O–H groups in total. The van der Waals surface area contributed by atoms with E-state index in [1.807, 2.05) is 18.4 Å². The summed E-state index contributed by atoms with van der Waals surface area (Å²) in [5.74, 6) is -0.408. The Morgan fingerprint density at radius 3 is 2.67 bits per heavy atom. The molecule has 5 heteroatoms. The fourth-order valence-corrected chi connectivity index (χ4v) is 2.36. The van der Waals surface area contributed by atoms with Gasteiger partial charge < -0.3 is 0 Å². The maximum Gasteiger partial charge on any atom is 0.302 e. The van der Waals surface area contributed by atoms with Gasteiger partial charge in [-0.25, -0.2) is 0 Å². The molecule has 0 amide bonds. The number of hydrogen-bond donors (Lipinski definition) is 0. The van der Waals surface area contributed by atoms with Crippen LogP contribution in [0.3, 0.4) is 0 Å². The molecule has 0 fully saturated rings. The van der Waals surface area contributed by atoms with Gasteiger partial charge in [-0.3, -0.25) is 0 Å². The van der Waals surface area contributed by atoms with Crippen LogP contribution >= 0.6 is 11.3 Å². The van der Waals surface area contributed by atoms with E-state index in [0.717, 1.165) is 10.4 Å². The molecule has 0 saturated heterocycles. The molecule has 2 nitrogen and oxygen atoms in total. The third-order valence-corrected chi connectivity index (χ3v) is 3.32. The second kappa shape index (κ2) is 3.53. The molecule has 0 unspecified atom stereocenters. The van der Waals surface area contributed by atoms with Crippen molar-refractivity contribution >= 4 is 21.6 Å². The average molecular weight is 208 g/mol. The summed E-state index contributed by atoms with van der Waals surface area (Å²) < 4.78 is 32.4. The molecule has 1 aromatic heterocycles. The number of thiophene rings is 1. The monoisotopic (exact) mass is 208 g/mol. The van der Waals surface area contributed by atoms with Gasteiger partial charge in [0.15, 0.2) is 0 Å². The molecule has 0 saturated carbocycles. The molecule has 1 rings (SSSR count). The van der Waals surface area contributed by atoms with Crippen LogP contribution in [0.15, 0.2) is 11.4 Å². The van der Waals surface area contributed by atoms with E-state index in [4.69, 9.17) is 0 Å². The van der Waals surface area contributed by atoms with Crippen molar-refractivity contribution in [3.05, 3.63) is 21.9 Å².